The molecule has 0 heterocycles. The summed E-state index contributed by atoms with van der Waals surface area (Å²) >= 11 is 3.54. The molecule has 0 aliphatic rings. The van der Waals surface area contributed by atoms with Gasteiger partial charge in [0.1, 0.15) is 8.07 Å². The second-order valence-corrected chi connectivity index (χ2v) is 13.0. The maximum absolute atomic E-state index is 12.9. The number of rotatable bonds is 6. The van der Waals surface area contributed by atoms with Crippen molar-refractivity contribution in [1.82, 2.24) is 5.32 Å². The Hall–Kier alpha value is -2.23. The molecule has 6 heteroatoms. The van der Waals surface area contributed by atoms with Gasteiger partial charge in [-0.25, -0.2) is 0 Å². The first-order valence-electron chi connectivity index (χ1n) is 9.06. The predicted molar refractivity (Wildman–Crippen MR) is 120 cm³/mol. The second kappa shape index (κ2) is 9.81. The molecule has 0 radical (unpaired) electrons. The lowest BCUT2D eigenvalue weighted by atomic mass is 10.1. The number of carbonyl (C=O) groups excluding carboxylic acids is 1. The third-order valence-corrected chi connectivity index (χ3v) is 5.63. The zero-order valence-electron chi connectivity index (χ0n) is 17.0. The van der Waals surface area contributed by atoms with Gasteiger partial charge in [0.2, 0.25) is 0 Å². The van der Waals surface area contributed by atoms with E-state index in [4.69, 9.17) is 9.47 Å². The molecule has 0 spiro atoms. The second-order valence-electron chi connectivity index (χ2n) is 7.35. The maximum atomic E-state index is 12.9. The topological polar surface area (TPSA) is 47.6 Å². The molecule has 0 saturated carbocycles. The predicted octanol–water partition coefficient (Wildman–Crippen LogP) is 4.67. The molecule has 28 heavy (non-hydrogen) atoms. The highest BCUT2D eigenvalue weighted by atomic mass is 79.9. The lowest BCUT2D eigenvalue weighted by Crippen LogP contribution is -2.26. The van der Waals surface area contributed by atoms with E-state index in [9.17, 15) is 4.79 Å². The van der Waals surface area contributed by atoms with Crippen LogP contribution >= 0.6 is 15.9 Å². The lowest BCUT2D eigenvalue weighted by Gasteiger charge is -2.13. The van der Waals surface area contributed by atoms with Gasteiger partial charge in [0.15, 0.2) is 11.5 Å². The summed E-state index contributed by atoms with van der Waals surface area (Å²) in [6.07, 6.45) is 0.733. The average molecular weight is 460 g/mol. The Morgan fingerprint density at radius 3 is 2.36 bits per heavy atom. The van der Waals surface area contributed by atoms with Gasteiger partial charge in [-0.2, -0.15) is 0 Å². The van der Waals surface area contributed by atoms with Crippen molar-refractivity contribution in [2.75, 3.05) is 20.8 Å². The van der Waals surface area contributed by atoms with E-state index in [0.29, 0.717) is 29.2 Å². The van der Waals surface area contributed by atoms with Crippen molar-refractivity contribution in [2.24, 2.45) is 0 Å². The van der Waals surface area contributed by atoms with Crippen LogP contribution in [0.15, 0.2) is 40.9 Å². The molecule has 2 aromatic rings. The molecule has 2 rings (SSSR count). The molecule has 0 aliphatic heterocycles. The number of hydrogen-bond acceptors (Lipinski definition) is 3. The smallest absolute Gasteiger partial charge is 0.252 e. The van der Waals surface area contributed by atoms with Crippen LogP contribution < -0.4 is 14.8 Å². The van der Waals surface area contributed by atoms with E-state index < -0.39 is 8.07 Å². The van der Waals surface area contributed by atoms with Crippen molar-refractivity contribution >= 4 is 29.9 Å². The summed E-state index contributed by atoms with van der Waals surface area (Å²) in [5.41, 5.74) is 5.61. The number of amides is 1. The molecule has 1 N–H and O–H groups in total. The van der Waals surface area contributed by atoms with Gasteiger partial charge in [0.05, 0.1) is 19.8 Å². The summed E-state index contributed by atoms with van der Waals surface area (Å²) in [4.78, 5) is 12.9. The Balaban J connectivity index is 2.26. The summed E-state index contributed by atoms with van der Waals surface area (Å²) in [6, 6.07) is 11.5. The Labute approximate surface area is 176 Å². The van der Waals surface area contributed by atoms with E-state index in [-0.39, 0.29) is 5.91 Å². The number of benzene rings is 2. The summed E-state index contributed by atoms with van der Waals surface area (Å²) < 4.78 is 11.8. The number of hydrogen-bond donors (Lipinski definition) is 1. The minimum absolute atomic E-state index is 0.173. The van der Waals surface area contributed by atoms with Crippen LogP contribution in [0.4, 0.5) is 0 Å². The molecule has 0 unspecified atom stereocenters. The van der Waals surface area contributed by atoms with Crippen molar-refractivity contribution in [3.05, 3.63) is 57.6 Å². The highest BCUT2D eigenvalue weighted by Gasteiger charge is 2.17. The molecule has 0 fully saturated rings. The molecule has 0 aromatic heterocycles. The number of carbonyl (C=O) groups is 1. The van der Waals surface area contributed by atoms with Gasteiger partial charge in [-0.3, -0.25) is 4.79 Å². The summed E-state index contributed by atoms with van der Waals surface area (Å²) in [5.74, 6) is 4.09. The molecule has 2 aromatic carbocycles. The minimum atomic E-state index is -1.59. The zero-order valence-corrected chi connectivity index (χ0v) is 19.6. The molecular weight excluding hydrogens is 434 g/mol. The monoisotopic (exact) mass is 459 g/mol. The van der Waals surface area contributed by atoms with Crippen molar-refractivity contribution in [2.45, 2.75) is 26.1 Å². The normalized spacial score (nSPS) is 10.6. The van der Waals surface area contributed by atoms with Crippen LogP contribution in [0, 0.1) is 11.5 Å². The summed E-state index contributed by atoms with van der Waals surface area (Å²) in [7, 11) is 1.54. The van der Waals surface area contributed by atoms with Crippen molar-refractivity contribution in [3.8, 4) is 23.0 Å². The molecule has 0 atom stereocenters. The number of nitrogens with one attached hydrogen (secondary N) is 1. The Kier molecular flexibility index (Phi) is 7.73. The molecule has 0 saturated heterocycles. The lowest BCUT2D eigenvalue weighted by molar-refractivity contribution is 0.0953. The molecular formula is C22H26BrNO3Si. The third-order valence-electron chi connectivity index (χ3n) is 3.98. The number of ether oxygens (including phenoxy) is 2. The fraction of sp³-hybridized carbons (Fsp3) is 0.318. The quantitative estimate of drug-likeness (QED) is 0.504. The van der Waals surface area contributed by atoms with Crippen LogP contribution in [0.5, 0.6) is 11.5 Å². The summed E-state index contributed by atoms with van der Waals surface area (Å²) in [5, 5.41) is 2.99. The van der Waals surface area contributed by atoms with Gasteiger partial charge < -0.3 is 14.8 Å². The van der Waals surface area contributed by atoms with E-state index in [0.717, 1.165) is 16.5 Å². The zero-order chi connectivity index (χ0) is 20.7. The van der Waals surface area contributed by atoms with Crippen LogP contribution in [0.2, 0.25) is 19.6 Å². The third kappa shape index (κ3) is 6.15. The fourth-order valence-electron chi connectivity index (χ4n) is 2.53. The standard InChI is InChI=1S/C22H26BrNO3Si/c1-26-20-14-17(11-13-28(3,4)5)18(15-21(20)27-2)22(25)24-12-10-16-8-6-7-9-19(16)23/h6-9,14-15H,10,12H2,1-5H3,(H,24,25). The number of halogens is 1. The highest BCUT2D eigenvalue weighted by molar-refractivity contribution is 9.10. The van der Waals surface area contributed by atoms with Crippen LogP contribution in [-0.2, 0) is 6.42 Å². The molecule has 4 nitrogen and oxygen atoms in total. The van der Waals surface area contributed by atoms with Gasteiger partial charge in [-0.05, 0) is 24.1 Å². The van der Waals surface area contributed by atoms with Crippen LogP contribution in [0.3, 0.4) is 0 Å². The Morgan fingerprint density at radius 2 is 1.75 bits per heavy atom. The highest BCUT2D eigenvalue weighted by Crippen LogP contribution is 2.30. The summed E-state index contributed by atoms with van der Waals surface area (Å²) in [6.45, 7) is 7.02. The largest absolute Gasteiger partial charge is 0.493 e. The van der Waals surface area contributed by atoms with E-state index in [1.807, 2.05) is 24.3 Å². The van der Waals surface area contributed by atoms with Crippen molar-refractivity contribution in [3.63, 3.8) is 0 Å². The maximum Gasteiger partial charge on any atom is 0.252 e. The first-order chi connectivity index (χ1) is 13.2. The Morgan fingerprint density at radius 1 is 1.11 bits per heavy atom. The van der Waals surface area contributed by atoms with Gasteiger partial charge >= 0.3 is 0 Å². The van der Waals surface area contributed by atoms with Crippen molar-refractivity contribution < 1.29 is 14.3 Å². The van der Waals surface area contributed by atoms with Gasteiger partial charge in [-0.1, -0.05) is 59.7 Å². The fourth-order valence-corrected chi connectivity index (χ4v) is 3.52. The van der Waals surface area contributed by atoms with Gasteiger partial charge in [-0.15, -0.1) is 5.54 Å². The van der Waals surface area contributed by atoms with Gasteiger partial charge in [0, 0.05) is 22.6 Å². The van der Waals surface area contributed by atoms with E-state index in [1.54, 1.807) is 26.4 Å². The molecule has 0 aliphatic carbocycles. The molecule has 1 amide bonds. The SMILES string of the molecule is COc1cc(C#C[Si](C)(C)C)c(C(=O)NCCc2ccccc2Br)cc1OC. The van der Waals surface area contributed by atoms with Crippen LogP contribution in [-0.4, -0.2) is 34.7 Å². The van der Waals surface area contributed by atoms with Crippen LogP contribution in [0.1, 0.15) is 21.5 Å². The average Bonchev–Trinajstić information content (AvgIpc) is 2.66. The first kappa shape index (κ1) is 22.1. The van der Waals surface area contributed by atoms with E-state index in [2.05, 4.69) is 52.4 Å². The number of methoxy groups -OCH3 is 2. The van der Waals surface area contributed by atoms with Crippen molar-refractivity contribution in [1.29, 1.82) is 0 Å². The Bertz CT molecular complexity index is 910. The first-order valence-corrected chi connectivity index (χ1v) is 13.4. The van der Waals surface area contributed by atoms with E-state index in [1.165, 1.54) is 0 Å². The van der Waals surface area contributed by atoms with Gasteiger partial charge in [0.25, 0.3) is 5.91 Å². The molecule has 0 bridgehead atoms. The van der Waals surface area contributed by atoms with Crippen LogP contribution in [0.25, 0.3) is 0 Å². The minimum Gasteiger partial charge on any atom is -0.493 e. The van der Waals surface area contributed by atoms with E-state index >= 15 is 0 Å². The molecule has 148 valence electrons.